The Kier molecular flexibility index (Phi) is 2.97. The maximum absolute atomic E-state index is 7.39. The van der Waals surface area contributed by atoms with E-state index >= 15 is 0 Å². The largest absolute Gasteiger partial charge is 0.493 e. The van der Waals surface area contributed by atoms with Crippen LogP contribution in [0, 0.1) is 5.41 Å². The number of pyridine rings is 1. The molecule has 0 aliphatic rings. The minimum atomic E-state index is -0.113. The van der Waals surface area contributed by atoms with Gasteiger partial charge >= 0.3 is 0 Å². The Bertz CT molecular complexity index is 566. The first-order valence-corrected chi connectivity index (χ1v) is 5.09. The van der Waals surface area contributed by atoms with E-state index < -0.39 is 0 Å². The smallest absolute Gasteiger partial charge is 0.172 e. The zero-order valence-corrected chi connectivity index (χ0v) is 9.77. The highest BCUT2D eigenvalue weighted by Crippen LogP contribution is 2.23. The summed E-state index contributed by atoms with van der Waals surface area (Å²) in [6.07, 6.45) is 4.70. The van der Waals surface area contributed by atoms with Crippen LogP contribution < -0.4 is 10.5 Å². The van der Waals surface area contributed by atoms with E-state index in [1.54, 1.807) is 25.6 Å². The molecule has 0 amide bonds. The van der Waals surface area contributed by atoms with Crippen LogP contribution >= 0.6 is 11.6 Å². The van der Waals surface area contributed by atoms with Gasteiger partial charge in [0.05, 0.1) is 24.5 Å². The minimum absolute atomic E-state index is 0.113. The summed E-state index contributed by atoms with van der Waals surface area (Å²) >= 11 is 6.11. The van der Waals surface area contributed by atoms with Gasteiger partial charge in [-0.3, -0.25) is 5.41 Å². The average Bonchev–Trinajstić information content (AvgIpc) is 2.77. The van der Waals surface area contributed by atoms with Crippen LogP contribution in [0.4, 0.5) is 0 Å². The van der Waals surface area contributed by atoms with Crippen LogP contribution in [-0.4, -0.2) is 27.7 Å². The number of aromatic nitrogens is 3. The maximum atomic E-state index is 7.39. The van der Waals surface area contributed by atoms with Gasteiger partial charge in [0.25, 0.3) is 0 Å². The van der Waals surface area contributed by atoms with Crippen molar-refractivity contribution in [2.75, 3.05) is 7.11 Å². The Hall–Kier alpha value is -2.08. The fourth-order valence-electron chi connectivity index (χ4n) is 1.33. The lowest BCUT2D eigenvalue weighted by atomic mass is 10.2. The van der Waals surface area contributed by atoms with Crippen molar-refractivity contribution >= 4 is 17.4 Å². The summed E-state index contributed by atoms with van der Waals surface area (Å²) in [5, 5.41) is 11.7. The van der Waals surface area contributed by atoms with E-state index in [1.807, 2.05) is 0 Å². The fourth-order valence-corrected chi connectivity index (χ4v) is 1.63. The number of nitrogens with one attached hydrogen (secondary N) is 1. The maximum Gasteiger partial charge on any atom is 0.172 e. The molecule has 0 unspecified atom stereocenters. The van der Waals surface area contributed by atoms with E-state index in [4.69, 9.17) is 27.5 Å². The second-order valence-electron chi connectivity index (χ2n) is 3.23. The molecule has 2 aromatic heterocycles. The van der Waals surface area contributed by atoms with Crippen LogP contribution in [0.15, 0.2) is 24.7 Å². The van der Waals surface area contributed by atoms with Crippen LogP contribution in [0.25, 0.3) is 5.82 Å². The lowest BCUT2D eigenvalue weighted by Gasteiger charge is -2.06. The van der Waals surface area contributed by atoms with Gasteiger partial charge in [0.15, 0.2) is 11.6 Å². The third kappa shape index (κ3) is 2.07. The monoisotopic (exact) mass is 251 g/mol. The average molecular weight is 252 g/mol. The van der Waals surface area contributed by atoms with E-state index in [-0.39, 0.29) is 10.9 Å². The Morgan fingerprint density at radius 1 is 1.59 bits per heavy atom. The molecule has 0 atom stereocenters. The zero-order valence-electron chi connectivity index (χ0n) is 9.01. The van der Waals surface area contributed by atoms with Gasteiger partial charge in [-0.05, 0) is 6.07 Å². The standard InChI is InChI=1S/C10H10ClN5O/c1-17-6-4-15-16(5-6)10-8(11)7(9(12)13)2-3-14-10/h2-5H,1H3,(H3,12,13). The van der Waals surface area contributed by atoms with Crippen molar-refractivity contribution in [3.05, 3.63) is 35.2 Å². The van der Waals surface area contributed by atoms with Crippen molar-refractivity contribution in [2.45, 2.75) is 0 Å². The van der Waals surface area contributed by atoms with Crippen LogP contribution in [-0.2, 0) is 0 Å². The molecule has 0 radical (unpaired) electrons. The molecule has 3 N–H and O–H groups in total. The van der Waals surface area contributed by atoms with Crippen molar-refractivity contribution < 1.29 is 4.74 Å². The summed E-state index contributed by atoms with van der Waals surface area (Å²) in [4.78, 5) is 4.10. The first-order chi connectivity index (χ1) is 8.13. The number of nitrogen functional groups attached to an aromatic ring is 1. The normalized spacial score (nSPS) is 10.2. The molecule has 88 valence electrons. The Balaban J connectivity index is 2.52. The van der Waals surface area contributed by atoms with Crippen LogP contribution in [0.5, 0.6) is 5.75 Å². The van der Waals surface area contributed by atoms with Crippen molar-refractivity contribution in [3.63, 3.8) is 0 Å². The molecule has 0 bridgehead atoms. The first kappa shape index (κ1) is 11.4. The molecule has 0 saturated heterocycles. The molecule has 17 heavy (non-hydrogen) atoms. The van der Waals surface area contributed by atoms with Gasteiger partial charge in [-0.2, -0.15) is 5.10 Å². The van der Waals surface area contributed by atoms with Crippen molar-refractivity contribution in [1.29, 1.82) is 5.41 Å². The van der Waals surface area contributed by atoms with Crippen molar-refractivity contribution in [2.24, 2.45) is 5.73 Å². The summed E-state index contributed by atoms with van der Waals surface area (Å²) in [7, 11) is 1.54. The molecular weight excluding hydrogens is 242 g/mol. The van der Waals surface area contributed by atoms with E-state index in [2.05, 4.69) is 10.1 Å². The third-order valence-corrected chi connectivity index (χ3v) is 2.55. The molecule has 7 heteroatoms. The van der Waals surface area contributed by atoms with Crippen LogP contribution in [0.2, 0.25) is 5.02 Å². The summed E-state index contributed by atoms with van der Waals surface area (Å²) in [6, 6.07) is 1.58. The van der Waals surface area contributed by atoms with Crippen molar-refractivity contribution in [1.82, 2.24) is 14.8 Å². The van der Waals surface area contributed by atoms with Crippen LogP contribution in [0.3, 0.4) is 0 Å². The second-order valence-corrected chi connectivity index (χ2v) is 3.61. The van der Waals surface area contributed by atoms with E-state index in [9.17, 15) is 0 Å². The lowest BCUT2D eigenvalue weighted by molar-refractivity contribution is 0.414. The predicted octanol–water partition coefficient (Wildman–Crippen LogP) is 1.21. The van der Waals surface area contributed by atoms with Gasteiger partial charge in [0.1, 0.15) is 5.84 Å². The van der Waals surface area contributed by atoms with Gasteiger partial charge in [0, 0.05) is 11.8 Å². The summed E-state index contributed by atoms with van der Waals surface area (Å²) in [6.45, 7) is 0. The molecule has 0 aliphatic carbocycles. The van der Waals surface area contributed by atoms with E-state index in [1.165, 1.54) is 10.9 Å². The minimum Gasteiger partial charge on any atom is -0.493 e. The summed E-state index contributed by atoms with van der Waals surface area (Å²) in [5.41, 5.74) is 5.83. The number of halogens is 1. The Morgan fingerprint density at radius 3 is 2.94 bits per heavy atom. The zero-order chi connectivity index (χ0) is 12.4. The predicted molar refractivity (Wildman–Crippen MR) is 63.9 cm³/mol. The summed E-state index contributed by atoms with van der Waals surface area (Å²) in [5.74, 6) is 0.886. The second kappa shape index (κ2) is 4.42. The number of hydrogen-bond donors (Lipinski definition) is 2. The number of methoxy groups -OCH3 is 1. The molecule has 0 fully saturated rings. The van der Waals surface area contributed by atoms with Crippen molar-refractivity contribution in [3.8, 4) is 11.6 Å². The fraction of sp³-hybridized carbons (Fsp3) is 0.100. The number of amidine groups is 1. The molecule has 2 rings (SSSR count). The molecule has 2 aromatic rings. The first-order valence-electron chi connectivity index (χ1n) is 4.71. The molecule has 0 saturated carbocycles. The SMILES string of the molecule is COc1cnn(-c2nccc(C(=N)N)c2Cl)c1. The molecule has 0 spiro atoms. The Labute approximate surface area is 102 Å². The lowest BCUT2D eigenvalue weighted by Crippen LogP contribution is -2.13. The van der Waals surface area contributed by atoms with E-state index in [0.29, 0.717) is 17.1 Å². The molecule has 0 aromatic carbocycles. The van der Waals surface area contributed by atoms with Gasteiger partial charge in [0.2, 0.25) is 0 Å². The number of rotatable bonds is 3. The summed E-state index contributed by atoms with van der Waals surface area (Å²) < 4.78 is 6.48. The quantitative estimate of drug-likeness (QED) is 0.634. The topological polar surface area (TPSA) is 89.8 Å². The molecule has 0 aliphatic heterocycles. The van der Waals surface area contributed by atoms with Gasteiger partial charge in [-0.25, -0.2) is 9.67 Å². The van der Waals surface area contributed by atoms with Crippen LogP contribution in [0.1, 0.15) is 5.56 Å². The van der Waals surface area contributed by atoms with Gasteiger partial charge in [-0.15, -0.1) is 0 Å². The highest BCUT2D eigenvalue weighted by molar-refractivity contribution is 6.35. The number of nitrogens with two attached hydrogens (primary N) is 1. The molecule has 6 nitrogen and oxygen atoms in total. The molecule has 2 heterocycles. The highest BCUT2D eigenvalue weighted by Gasteiger charge is 2.12. The highest BCUT2D eigenvalue weighted by atomic mass is 35.5. The number of hydrogen-bond acceptors (Lipinski definition) is 4. The molecular formula is C10H10ClN5O. The van der Waals surface area contributed by atoms with E-state index in [0.717, 1.165) is 0 Å². The number of nitrogens with zero attached hydrogens (tertiary/aromatic N) is 3. The van der Waals surface area contributed by atoms with Gasteiger partial charge in [-0.1, -0.05) is 11.6 Å². The Morgan fingerprint density at radius 2 is 2.35 bits per heavy atom. The number of ether oxygens (including phenoxy) is 1. The third-order valence-electron chi connectivity index (χ3n) is 2.17. The van der Waals surface area contributed by atoms with Gasteiger partial charge < -0.3 is 10.5 Å².